The lowest BCUT2D eigenvalue weighted by Gasteiger charge is -2.10. The second kappa shape index (κ2) is 6.39. The van der Waals surface area contributed by atoms with E-state index in [0.29, 0.717) is 23.3 Å². The molecule has 1 amide bonds. The van der Waals surface area contributed by atoms with Crippen LogP contribution in [-0.4, -0.2) is 22.5 Å². The van der Waals surface area contributed by atoms with Crippen LogP contribution in [0.25, 0.3) is 11.0 Å². The second-order valence-corrected chi connectivity index (χ2v) is 4.76. The van der Waals surface area contributed by atoms with Crippen LogP contribution < -0.4 is 10.1 Å². The monoisotopic (exact) mass is 311 g/mol. The maximum Gasteiger partial charge on any atom is 0.279 e. The van der Waals surface area contributed by atoms with Crippen LogP contribution in [0.5, 0.6) is 5.88 Å². The van der Waals surface area contributed by atoms with Gasteiger partial charge in [0.05, 0.1) is 17.6 Å². The van der Waals surface area contributed by atoms with Crippen molar-refractivity contribution in [1.82, 2.24) is 9.97 Å². The lowest BCUT2D eigenvalue weighted by Crippen LogP contribution is -2.16. The van der Waals surface area contributed by atoms with Crippen LogP contribution in [0.4, 0.5) is 10.1 Å². The van der Waals surface area contributed by atoms with Gasteiger partial charge in [0.25, 0.3) is 5.91 Å². The highest BCUT2D eigenvalue weighted by molar-refractivity contribution is 6.05. The lowest BCUT2D eigenvalue weighted by atomic mass is 10.2. The van der Waals surface area contributed by atoms with Gasteiger partial charge >= 0.3 is 0 Å². The highest BCUT2D eigenvalue weighted by atomic mass is 19.1. The molecule has 3 aromatic rings. The van der Waals surface area contributed by atoms with Crippen LogP contribution in [0.15, 0.2) is 48.5 Å². The number of ether oxygens (including phenoxy) is 1. The summed E-state index contributed by atoms with van der Waals surface area (Å²) in [6.07, 6.45) is 0. The van der Waals surface area contributed by atoms with Crippen molar-refractivity contribution < 1.29 is 13.9 Å². The summed E-state index contributed by atoms with van der Waals surface area (Å²) in [5.74, 6) is -0.660. The summed E-state index contributed by atoms with van der Waals surface area (Å²) in [5, 5.41) is 2.66. The molecule has 0 aliphatic heterocycles. The van der Waals surface area contributed by atoms with Crippen LogP contribution in [0, 0.1) is 5.82 Å². The molecule has 0 unspecified atom stereocenters. The molecular weight excluding hydrogens is 297 g/mol. The second-order valence-electron chi connectivity index (χ2n) is 4.76. The third-order valence-corrected chi connectivity index (χ3v) is 3.14. The van der Waals surface area contributed by atoms with Crippen molar-refractivity contribution in [3.63, 3.8) is 0 Å². The third-order valence-electron chi connectivity index (χ3n) is 3.14. The van der Waals surface area contributed by atoms with Crippen molar-refractivity contribution in [3.8, 4) is 5.88 Å². The molecule has 5 nitrogen and oxygen atoms in total. The predicted octanol–water partition coefficient (Wildman–Crippen LogP) is 3.42. The SMILES string of the molecule is CCOc1nc2ccccc2nc1C(=O)Nc1ccc(F)cc1. The van der Waals surface area contributed by atoms with E-state index in [1.165, 1.54) is 24.3 Å². The van der Waals surface area contributed by atoms with Crippen molar-refractivity contribution in [1.29, 1.82) is 0 Å². The van der Waals surface area contributed by atoms with Gasteiger partial charge in [-0.2, -0.15) is 0 Å². The Bertz CT molecular complexity index is 850. The average molecular weight is 311 g/mol. The van der Waals surface area contributed by atoms with E-state index in [-0.39, 0.29) is 17.4 Å². The molecule has 1 N–H and O–H groups in total. The van der Waals surface area contributed by atoms with Gasteiger partial charge in [-0.1, -0.05) is 12.1 Å². The zero-order valence-electron chi connectivity index (χ0n) is 12.4. The standard InChI is InChI=1S/C17H14FN3O2/c1-2-23-17-15(20-13-5-3-4-6-14(13)21-17)16(22)19-12-9-7-11(18)8-10-12/h3-10H,2H2,1H3,(H,19,22). The quantitative estimate of drug-likeness (QED) is 0.802. The zero-order valence-corrected chi connectivity index (χ0v) is 12.4. The topological polar surface area (TPSA) is 64.1 Å². The first-order chi connectivity index (χ1) is 11.2. The van der Waals surface area contributed by atoms with Crippen molar-refractivity contribution in [2.75, 3.05) is 11.9 Å². The first-order valence-electron chi connectivity index (χ1n) is 7.14. The van der Waals surface area contributed by atoms with Crippen LogP contribution >= 0.6 is 0 Å². The van der Waals surface area contributed by atoms with Crippen molar-refractivity contribution in [2.45, 2.75) is 6.92 Å². The molecule has 0 radical (unpaired) electrons. The maximum absolute atomic E-state index is 12.9. The van der Waals surface area contributed by atoms with Crippen LogP contribution in [-0.2, 0) is 0 Å². The van der Waals surface area contributed by atoms with Crippen LogP contribution in [0.1, 0.15) is 17.4 Å². The van der Waals surface area contributed by atoms with Crippen LogP contribution in [0.3, 0.4) is 0 Å². The van der Waals surface area contributed by atoms with Gasteiger partial charge < -0.3 is 10.1 Å². The van der Waals surface area contributed by atoms with Gasteiger partial charge in [0.15, 0.2) is 5.69 Å². The largest absolute Gasteiger partial charge is 0.476 e. The molecule has 0 atom stereocenters. The first-order valence-corrected chi connectivity index (χ1v) is 7.14. The molecule has 0 saturated carbocycles. The molecule has 6 heteroatoms. The van der Waals surface area contributed by atoms with E-state index in [0.717, 1.165) is 0 Å². The number of halogens is 1. The minimum Gasteiger partial charge on any atom is -0.476 e. The Morgan fingerprint density at radius 3 is 2.39 bits per heavy atom. The summed E-state index contributed by atoms with van der Waals surface area (Å²) in [7, 11) is 0. The van der Waals surface area contributed by atoms with E-state index < -0.39 is 5.91 Å². The fourth-order valence-electron chi connectivity index (χ4n) is 2.09. The van der Waals surface area contributed by atoms with Crippen molar-refractivity contribution in [2.24, 2.45) is 0 Å². The van der Waals surface area contributed by atoms with Gasteiger partial charge in [-0.05, 0) is 43.3 Å². The maximum atomic E-state index is 12.9. The number of fused-ring (bicyclic) bond motifs is 1. The lowest BCUT2D eigenvalue weighted by molar-refractivity contribution is 0.101. The normalized spacial score (nSPS) is 10.5. The number of nitrogens with one attached hydrogen (secondary N) is 1. The zero-order chi connectivity index (χ0) is 16.2. The Morgan fingerprint density at radius 1 is 1.09 bits per heavy atom. The average Bonchev–Trinajstić information content (AvgIpc) is 2.56. The van der Waals surface area contributed by atoms with Gasteiger partial charge in [0, 0.05) is 5.69 Å². The smallest absolute Gasteiger partial charge is 0.279 e. The molecule has 0 fully saturated rings. The molecule has 23 heavy (non-hydrogen) atoms. The van der Waals surface area contributed by atoms with Crippen LogP contribution in [0.2, 0.25) is 0 Å². The summed E-state index contributed by atoms with van der Waals surface area (Å²) in [6, 6.07) is 12.7. The molecule has 0 bridgehead atoms. The molecule has 0 aliphatic rings. The number of para-hydroxylation sites is 2. The molecular formula is C17H14FN3O2. The summed E-state index contributed by atoms with van der Waals surface area (Å²) in [6.45, 7) is 2.17. The number of benzene rings is 2. The Hall–Kier alpha value is -3.02. The summed E-state index contributed by atoms with van der Waals surface area (Å²) >= 11 is 0. The number of carbonyl (C=O) groups excluding carboxylic acids is 1. The highest BCUT2D eigenvalue weighted by Gasteiger charge is 2.18. The molecule has 1 aromatic heterocycles. The first kappa shape index (κ1) is 14.9. The number of nitrogens with zero attached hydrogens (tertiary/aromatic N) is 2. The summed E-state index contributed by atoms with van der Waals surface area (Å²) < 4.78 is 18.4. The highest BCUT2D eigenvalue weighted by Crippen LogP contribution is 2.20. The fourth-order valence-corrected chi connectivity index (χ4v) is 2.09. The molecule has 0 aliphatic carbocycles. The molecule has 116 valence electrons. The Balaban J connectivity index is 1.97. The molecule has 1 heterocycles. The van der Waals surface area contributed by atoms with E-state index in [2.05, 4.69) is 15.3 Å². The molecule has 2 aromatic carbocycles. The van der Waals surface area contributed by atoms with Gasteiger partial charge in [0.2, 0.25) is 5.88 Å². The summed E-state index contributed by atoms with van der Waals surface area (Å²) in [5.41, 5.74) is 1.80. The van der Waals surface area contributed by atoms with Crippen molar-refractivity contribution >= 4 is 22.6 Å². The van der Waals surface area contributed by atoms with E-state index in [4.69, 9.17) is 4.74 Å². The molecule has 0 spiro atoms. The minimum atomic E-state index is -0.460. The number of carbonyl (C=O) groups is 1. The number of hydrogen-bond acceptors (Lipinski definition) is 4. The van der Waals surface area contributed by atoms with E-state index in [1.807, 2.05) is 12.1 Å². The van der Waals surface area contributed by atoms with E-state index >= 15 is 0 Å². The van der Waals surface area contributed by atoms with Gasteiger partial charge in [0.1, 0.15) is 5.82 Å². The third kappa shape index (κ3) is 3.26. The molecule has 0 saturated heterocycles. The Morgan fingerprint density at radius 2 is 1.74 bits per heavy atom. The predicted molar refractivity (Wildman–Crippen MR) is 85.1 cm³/mol. The molecule has 3 rings (SSSR count). The fraction of sp³-hybridized carbons (Fsp3) is 0.118. The Labute approximate surface area is 132 Å². The van der Waals surface area contributed by atoms with Gasteiger partial charge in [-0.25, -0.2) is 14.4 Å². The van der Waals surface area contributed by atoms with Gasteiger partial charge in [-0.15, -0.1) is 0 Å². The number of aromatic nitrogens is 2. The number of hydrogen-bond donors (Lipinski definition) is 1. The summed E-state index contributed by atoms with van der Waals surface area (Å²) in [4.78, 5) is 21.1. The minimum absolute atomic E-state index is 0.0925. The number of anilines is 1. The Kier molecular flexibility index (Phi) is 4.14. The number of amides is 1. The number of rotatable bonds is 4. The van der Waals surface area contributed by atoms with E-state index in [9.17, 15) is 9.18 Å². The van der Waals surface area contributed by atoms with Gasteiger partial charge in [-0.3, -0.25) is 4.79 Å². The van der Waals surface area contributed by atoms with E-state index in [1.54, 1.807) is 19.1 Å². The van der Waals surface area contributed by atoms with Crippen molar-refractivity contribution in [3.05, 3.63) is 60.0 Å².